The maximum Gasteiger partial charge on any atom is 0.331 e. The summed E-state index contributed by atoms with van der Waals surface area (Å²) in [5, 5.41) is 13.5. The number of thiazole rings is 1. The van der Waals surface area contributed by atoms with Crippen LogP contribution >= 0.6 is 11.3 Å². The Labute approximate surface area is 159 Å². The molecule has 0 bridgehead atoms. The Kier molecular flexibility index (Phi) is 5.73. The molecular weight excluding hydrogens is 364 g/mol. The van der Waals surface area contributed by atoms with E-state index < -0.39 is 10.9 Å². The molecule has 0 saturated carbocycles. The molecule has 1 heterocycles. The number of non-ortho nitro benzene ring substituents is 1. The van der Waals surface area contributed by atoms with Crippen LogP contribution in [0.5, 0.6) is 0 Å². The molecule has 0 N–H and O–H groups in total. The summed E-state index contributed by atoms with van der Waals surface area (Å²) in [5.74, 6) is -0.536. The Balaban J connectivity index is 1.57. The second-order valence-corrected chi connectivity index (χ2v) is 6.66. The van der Waals surface area contributed by atoms with Crippen molar-refractivity contribution in [1.82, 2.24) is 4.98 Å². The number of benzene rings is 2. The number of aromatic nitrogens is 1. The molecule has 136 valence electrons. The Morgan fingerprint density at radius 3 is 2.78 bits per heavy atom. The second-order valence-electron chi connectivity index (χ2n) is 5.80. The molecule has 27 heavy (non-hydrogen) atoms. The molecule has 0 aliphatic carbocycles. The maximum atomic E-state index is 11.9. The molecule has 0 aliphatic heterocycles. The van der Waals surface area contributed by atoms with Crippen LogP contribution in [0.15, 0.2) is 60.0 Å². The fourth-order valence-corrected chi connectivity index (χ4v) is 3.11. The van der Waals surface area contributed by atoms with E-state index in [1.807, 2.05) is 36.6 Å². The number of hydrogen-bond acceptors (Lipinski definition) is 6. The van der Waals surface area contributed by atoms with Gasteiger partial charge in [0.1, 0.15) is 11.6 Å². The highest BCUT2D eigenvalue weighted by Gasteiger charge is 2.07. The first-order valence-electron chi connectivity index (χ1n) is 8.12. The summed E-state index contributed by atoms with van der Waals surface area (Å²) in [6.07, 6.45) is 2.72. The number of rotatable bonds is 6. The molecule has 3 rings (SSSR count). The SMILES string of the molecule is Cc1ccc(-c2nc(COC(=O)C=Cc3cccc([N+](=O)[O-])c3)cs2)cc1. The monoisotopic (exact) mass is 380 g/mol. The average Bonchev–Trinajstić information content (AvgIpc) is 3.14. The molecule has 2 aromatic carbocycles. The van der Waals surface area contributed by atoms with E-state index in [1.165, 1.54) is 41.2 Å². The van der Waals surface area contributed by atoms with Gasteiger partial charge in [0.15, 0.2) is 0 Å². The van der Waals surface area contributed by atoms with Crippen molar-refractivity contribution in [2.45, 2.75) is 13.5 Å². The summed E-state index contributed by atoms with van der Waals surface area (Å²) in [5.41, 5.74) is 3.40. The quantitative estimate of drug-likeness (QED) is 0.266. The van der Waals surface area contributed by atoms with E-state index in [0.717, 1.165) is 10.6 Å². The predicted molar refractivity (Wildman–Crippen MR) is 104 cm³/mol. The van der Waals surface area contributed by atoms with Crippen LogP contribution < -0.4 is 0 Å². The number of carbonyl (C=O) groups excluding carboxylic acids is 1. The number of ether oxygens (including phenoxy) is 1. The topological polar surface area (TPSA) is 82.3 Å². The number of carbonyl (C=O) groups is 1. The second kappa shape index (κ2) is 8.37. The van der Waals surface area contributed by atoms with Gasteiger partial charge in [-0.1, -0.05) is 42.0 Å². The van der Waals surface area contributed by atoms with Gasteiger partial charge in [0.25, 0.3) is 5.69 Å². The highest BCUT2D eigenvalue weighted by atomic mass is 32.1. The van der Waals surface area contributed by atoms with E-state index >= 15 is 0 Å². The molecule has 6 nitrogen and oxygen atoms in total. The molecule has 7 heteroatoms. The lowest BCUT2D eigenvalue weighted by Gasteiger charge is -1.99. The zero-order valence-electron chi connectivity index (χ0n) is 14.5. The highest BCUT2D eigenvalue weighted by Crippen LogP contribution is 2.24. The lowest BCUT2D eigenvalue weighted by Crippen LogP contribution is -2.01. The van der Waals surface area contributed by atoms with Crippen molar-refractivity contribution in [2.24, 2.45) is 0 Å². The minimum absolute atomic E-state index is 0.0309. The first-order chi connectivity index (χ1) is 13.0. The zero-order valence-corrected chi connectivity index (χ0v) is 15.3. The number of nitro benzene ring substituents is 1. The Morgan fingerprint density at radius 2 is 2.04 bits per heavy atom. The molecule has 0 unspecified atom stereocenters. The summed E-state index contributed by atoms with van der Waals surface area (Å²) in [6, 6.07) is 14.1. The van der Waals surface area contributed by atoms with E-state index in [4.69, 9.17) is 4.74 Å². The van der Waals surface area contributed by atoms with Gasteiger partial charge in [-0.15, -0.1) is 11.3 Å². The van der Waals surface area contributed by atoms with Crippen LogP contribution in [0, 0.1) is 17.0 Å². The summed E-state index contributed by atoms with van der Waals surface area (Å²) in [6.45, 7) is 2.10. The Morgan fingerprint density at radius 1 is 1.26 bits per heavy atom. The van der Waals surface area contributed by atoms with Crippen LogP contribution in [-0.2, 0) is 16.1 Å². The third kappa shape index (κ3) is 5.08. The number of nitrogens with zero attached hydrogens (tertiary/aromatic N) is 2. The van der Waals surface area contributed by atoms with Crippen LogP contribution in [0.4, 0.5) is 5.69 Å². The molecule has 0 aliphatic rings. The minimum atomic E-state index is -0.536. The summed E-state index contributed by atoms with van der Waals surface area (Å²) >= 11 is 1.49. The van der Waals surface area contributed by atoms with Crippen molar-refractivity contribution < 1.29 is 14.5 Å². The molecule has 1 aromatic heterocycles. The van der Waals surface area contributed by atoms with Crippen molar-refractivity contribution in [3.63, 3.8) is 0 Å². The zero-order chi connectivity index (χ0) is 19.2. The van der Waals surface area contributed by atoms with Gasteiger partial charge >= 0.3 is 5.97 Å². The Hall–Kier alpha value is -3.32. The van der Waals surface area contributed by atoms with Crippen molar-refractivity contribution in [3.8, 4) is 10.6 Å². The van der Waals surface area contributed by atoms with Crippen molar-refractivity contribution in [1.29, 1.82) is 0 Å². The third-order valence-corrected chi connectivity index (χ3v) is 4.65. The smallest absolute Gasteiger partial charge is 0.331 e. The predicted octanol–water partition coefficient (Wildman–Crippen LogP) is 4.78. The van der Waals surface area contributed by atoms with Crippen LogP contribution in [0.25, 0.3) is 16.6 Å². The first-order valence-corrected chi connectivity index (χ1v) is 9.00. The first kappa shape index (κ1) is 18.5. The third-order valence-electron chi connectivity index (χ3n) is 3.71. The number of aryl methyl sites for hydroxylation is 1. The van der Waals surface area contributed by atoms with Crippen LogP contribution in [-0.4, -0.2) is 15.9 Å². The fourth-order valence-electron chi connectivity index (χ4n) is 2.30. The lowest BCUT2D eigenvalue weighted by molar-refractivity contribution is -0.384. The molecule has 3 aromatic rings. The molecule has 0 spiro atoms. The molecule has 0 amide bonds. The van der Waals surface area contributed by atoms with Gasteiger partial charge in [-0.2, -0.15) is 0 Å². The van der Waals surface area contributed by atoms with Crippen LogP contribution in [0.1, 0.15) is 16.8 Å². The van der Waals surface area contributed by atoms with E-state index in [1.54, 1.807) is 12.1 Å². The van der Waals surface area contributed by atoms with Crippen molar-refractivity contribution in [2.75, 3.05) is 0 Å². The van der Waals surface area contributed by atoms with Gasteiger partial charge in [0, 0.05) is 29.2 Å². The normalized spacial score (nSPS) is 10.9. The molecule has 0 saturated heterocycles. The lowest BCUT2D eigenvalue weighted by atomic mass is 10.2. The average molecular weight is 380 g/mol. The van der Waals surface area contributed by atoms with E-state index in [0.29, 0.717) is 11.3 Å². The maximum absolute atomic E-state index is 11.9. The largest absolute Gasteiger partial charge is 0.456 e. The standard InChI is InChI=1S/C20H16N2O4S/c1-14-5-8-16(9-6-14)20-21-17(13-27-20)12-26-19(23)10-7-15-3-2-4-18(11-15)22(24)25/h2-11,13H,12H2,1H3. The summed E-state index contributed by atoms with van der Waals surface area (Å²) < 4.78 is 5.18. The molecular formula is C20H16N2O4S. The highest BCUT2D eigenvalue weighted by molar-refractivity contribution is 7.13. The molecule has 0 atom stereocenters. The molecule has 0 fully saturated rings. The van der Waals surface area contributed by atoms with Gasteiger partial charge in [0.05, 0.1) is 10.6 Å². The number of hydrogen-bond donors (Lipinski definition) is 0. The van der Waals surface area contributed by atoms with Crippen LogP contribution in [0.2, 0.25) is 0 Å². The minimum Gasteiger partial charge on any atom is -0.456 e. The summed E-state index contributed by atoms with van der Waals surface area (Å²) in [7, 11) is 0. The van der Waals surface area contributed by atoms with E-state index in [-0.39, 0.29) is 12.3 Å². The van der Waals surface area contributed by atoms with Crippen molar-refractivity contribution >= 4 is 29.1 Å². The van der Waals surface area contributed by atoms with Gasteiger partial charge in [-0.05, 0) is 18.6 Å². The fraction of sp³-hybridized carbons (Fsp3) is 0.100. The van der Waals surface area contributed by atoms with Gasteiger partial charge in [-0.3, -0.25) is 10.1 Å². The number of esters is 1. The molecule has 0 radical (unpaired) electrons. The van der Waals surface area contributed by atoms with Crippen LogP contribution in [0.3, 0.4) is 0 Å². The van der Waals surface area contributed by atoms with Crippen molar-refractivity contribution in [3.05, 3.63) is 86.9 Å². The van der Waals surface area contributed by atoms with E-state index in [2.05, 4.69) is 4.98 Å². The van der Waals surface area contributed by atoms with Gasteiger partial charge in [0.2, 0.25) is 0 Å². The van der Waals surface area contributed by atoms with E-state index in [9.17, 15) is 14.9 Å². The van der Waals surface area contributed by atoms with Gasteiger partial charge < -0.3 is 4.74 Å². The number of nitro groups is 1. The Bertz CT molecular complexity index is 993. The van der Waals surface area contributed by atoms with Gasteiger partial charge in [-0.25, -0.2) is 9.78 Å². The summed E-state index contributed by atoms with van der Waals surface area (Å²) in [4.78, 5) is 26.6.